The van der Waals surface area contributed by atoms with Crippen molar-refractivity contribution in [2.24, 2.45) is 5.92 Å². The summed E-state index contributed by atoms with van der Waals surface area (Å²) in [5.74, 6) is 2.05. The fourth-order valence-electron chi connectivity index (χ4n) is 2.33. The molecule has 1 N–H and O–H groups in total. The van der Waals surface area contributed by atoms with Gasteiger partial charge in [0.05, 0.1) is 0 Å². The molecule has 0 amide bonds. The van der Waals surface area contributed by atoms with Gasteiger partial charge in [0.1, 0.15) is 5.82 Å². The van der Waals surface area contributed by atoms with Gasteiger partial charge in [-0.1, -0.05) is 0 Å². The maximum absolute atomic E-state index is 4.72. The van der Waals surface area contributed by atoms with Gasteiger partial charge in [-0.25, -0.2) is 4.98 Å². The summed E-state index contributed by atoms with van der Waals surface area (Å²) in [6.07, 6.45) is 2.77. The first kappa shape index (κ1) is 12.4. The zero-order chi connectivity index (χ0) is 12.4. The Labute approximate surface area is 104 Å². The van der Waals surface area contributed by atoms with E-state index in [0.717, 1.165) is 30.5 Å². The van der Waals surface area contributed by atoms with Crippen LogP contribution in [0.2, 0.25) is 0 Å². The van der Waals surface area contributed by atoms with E-state index in [1.807, 2.05) is 7.05 Å². The molecule has 94 valence electrons. The van der Waals surface area contributed by atoms with Gasteiger partial charge in [-0.3, -0.25) is 0 Å². The van der Waals surface area contributed by atoms with Gasteiger partial charge in [0, 0.05) is 31.4 Å². The zero-order valence-corrected chi connectivity index (χ0v) is 11.4. The first-order valence-electron chi connectivity index (χ1n) is 6.44. The number of hydrogen-bond donors (Lipinski definition) is 1. The molecule has 0 saturated heterocycles. The number of nitrogens with one attached hydrogen (secondary N) is 1. The minimum absolute atomic E-state index is 0.892. The van der Waals surface area contributed by atoms with Crippen molar-refractivity contribution in [1.29, 1.82) is 0 Å². The first-order valence-corrected chi connectivity index (χ1v) is 6.44. The van der Waals surface area contributed by atoms with Crippen molar-refractivity contribution in [2.75, 3.05) is 25.5 Å². The van der Waals surface area contributed by atoms with Gasteiger partial charge in [-0.2, -0.15) is 0 Å². The van der Waals surface area contributed by atoms with Crippen LogP contribution in [0.25, 0.3) is 0 Å². The average molecular weight is 233 g/mol. The molecule has 1 aliphatic rings. The highest BCUT2D eigenvalue weighted by Gasteiger charge is 2.24. The van der Waals surface area contributed by atoms with E-state index in [4.69, 9.17) is 4.98 Å². The Hall–Kier alpha value is -1.09. The van der Waals surface area contributed by atoms with Crippen LogP contribution in [0.5, 0.6) is 0 Å². The Morgan fingerprint density at radius 3 is 2.71 bits per heavy atom. The maximum Gasteiger partial charge on any atom is 0.133 e. The highest BCUT2D eigenvalue weighted by molar-refractivity contribution is 5.51. The lowest BCUT2D eigenvalue weighted by Crippen LogP contribution is -2.24. The molecular weight excluding hydrogens is 210 g/mol. The van der Waals surface area contributed by atoms with E-state index in [0.29, 0.717) is 0 Å². The monoisotopic (exact) mass is 233 g/mol. The Morgan fingerprint density at radius 2 is 2.12 bits per heavy atom. The lowest BCUT2D eigenvalue weighted by atomic mass is 10.1. The fourth-order valence-corrected chi connectivity index (χ4v) is 2.33. The lowest BCUT2D eigenvalue weighted by Gasteiger charge is -2.23. The summed E-state index contributed by atoms with van der Waals surface area (Å²) in [4.78, 5) is 7.04. The van der Waals surface area contributed by atoms with Gasteiger partial charge in [-0.15, -0.1) is 0 Å². The summed E-state index contributed by atoms with van der Waals surface area (Å²) >= 11 is 0. The van der Waals surface area contributed by atoms with Crippen molar-refractivity contribution >= 4 is 5.82 Å². The molecule has 0 spiro atoms. The van der Waals surface area contributed by atoms with Gasteiger partial charge < -0.3 is 10.2 Å². The van der Waals surface area contributed by atoms with Crippen LogP contribution < -0.4 is 10.2 Å². The van der Waals surface area contributed by atoms with Crippen LogP contribution in [-0.4, -0.2) is 25.6 Å². The fraction of sp³-hybridized carbons (Fsp3) is 0.643. The number of pyridine rings is 1. The molecule has 1 saturated carbocycles. The first-order chi connectivity index (χ1) is 8.11. The molecule has 17 heavy (non-hydrogen) atoms. The molecular formula is C14H23N3. The zero-order valence-electron chi connectivity index (χ0n) is 11.4. The van der Waals surface area contributed by atoms with Crippen molar-refractivity contribution in [1.82, 2.24) is 10.3 Å². The summed E-state index contributed by atoms with van der Waals surface area (Å²) in [7, 11) is 4.16. The van der Waals surface area contributed by atoms with E-state index in [2.05, 4.69) is 37.2 Å². The third kappa shape index (κ3) is 2.97. The molecule has 0 atom stereocenters. The van der Waals surface area contributed by atoms with Crippen LogP contribution in [0.4, 0.5) is 5.82 Å². The highest BCUT2D eigenvalue weighted by atomic mass is 15.2. The molecule has 0 radical (unpaired) electrons. The van der Waals surface area contributed by atoms with Crippen molar-refractivity contribution in [3.8, 4) is 0 Å². The molecule has 1 aromatic heterocycles. The van der Waals surface area contributed by atoms with Gasteiger partial charge >= 0.3 is 0 Å². The van der Waals surface area contributed by atoms with Crippen LogP contribution >= 0.6 is 0 Å². The van der Waals surface area contributed by atoms with Gasteiger partial charge in [-0.05, 0) is 51.3 Å². The van der Waals surface area contributed by atoms with Crippen molar-refractivity contribution < 1.29 is 0 Å². The molecule has 0 bridgehead atoms. The molecule has 0 aromatic carbocycles. The lowest BCUT2D eigenvalue weighted by molar-refractivity contribution is 0.750. The minimum atomic E-state index is 0.892. The highest BCUT2D eigenvalue weighted by Crippen LogP contribution is 2.31. The predicted molar refractivity (Wildman–Crippen MR) is 72.5 cm³/mol. The third-order valence-corrected chi connectivity index (χ3v) is 3.40. The third-order valence-electron chi connectivity index (χ3n) is 3.40. The van der Waals surface area contributed by atoms with Gasteiger partial charge in [0.15, 0.2) is 0 Å². The summed E-state index contributed by atoms with van der Waals surface area (Å²) in [6.45, 7) is 6.29. The van der Waals surface area contributed by atoms with Crippen molar-refractivity contribution in [2.45, 2.75) is 33.2 Å². The number of aryl methyl sites for hydroxylation is 2. The molecule has 1 heterocycles. The number of anilines is 1. The van der Waals surface area contributed by atoms with Crippen molar-refractivity contribution in [3.05, 3.63) is 22.9 Å². The Kier molecular flexibility index (Phi) is 3.67. The van der Waals surface area contributed by atoms with Gasteiger partial charge in [0.25, 0.3) is 0 Å². The van der Waals surface area contributed by atoms with E-state index in [-0.39, 0.29) is 0 Å². The van der Waals surface area contributed by atoms with Gasteiger partial charge in [0.2, 0.25) is 0 Å². The number of rotatable bonds is 5. The summed E-state index contributed by atoms with van der Waals surface area (Å²) in [5.41, 5.74) is 3.78. The SMILES string of the molecule is CNCc1c(C)cc(C)nc1N(C)CC1CC1. The van der Waals surface area contributed by atoms with Crippen LogP contribution in [0.15, 0.2) is 6.07 Å². The molecule has 1 fully saturated rings. The molecule has 2 rings (SSSR count). The number of aromatic nitrogens is 1. The Balaban J connectivity index is 2.27. The molecule has 0 aliphatic heterocycles. The molecule has 1 aromatic rings. The van der Waals surface area contributed by atoms with Crippen LogP contribution in [0.3, 0.4) is 0 Å². The van der Waals surface area contributed by atoms with Crippen LogP contribution in [-0.2, 0) is 6.54 Å². The average Bonchev–Trinajstić information content (AvgIpc) is 3.05. The van der Waals surface area contributed by atoms with Crippen molar-refractivity contribution in [3.63, 3.8) is 0 Å². The second kappa shape index (κ2) is 5.05. The largest absolute Gasteiger partial charge is 0.359 e. The van der Waals surface area contributed by atoms with Crippen LogP contribution in [0.1, 0.15) is 29.7 Å². The molecule has 0 unspecified atom stereocenters. The van der Waals surface area contributed by atoms with E-state index < -0.39 is 0 Å². The summed E-state index contributed by atoms with van der Waals surface area (Å²) in [5, 5.41) is 3.24. The van der Waals surface area contributed by atoms with E-state index in [1.54, 1.807) is 0 Å². The Bertz CT molecular complexity index is 397. The predicted octanol–water partition coefficient (Wildman–Crippen LogP) is 2.26. The van der Waals surface area contributed by atoms with E-state index in [9.17, 15) is 0 Å². The Morgan fingerprint density at radius 1 is 1.41 bits per heavy atom. The van der Waals surface area contributed by atoms with E-state index >= 15 is 0 Å². The smallest absolute Gasteiger partial charge is 0.133 e. The van der Waals surface area contributed by atoms with E-state index in [1.165, 1.54) is 24.0 Å². The molecule has 3 nitrogen and oxygen atoms in total. The molecule has 3 heteroatoms. The second-order valence-corrected chi connectivity index (χ2v) is 5.24. The number of nitrogens with zero attached hydrogens (tertiary/aromatic N) is 2. The topological polar surface area (TPSA) is 28.2 Å². The molecule has 1 aliphatic carbocycles. The maximum atomic E-state index is 4.72. The second-order valence-electron chi connectivity index (χ2n) is 5.24. The summed E-state index contributed by atoms with van der Waals surface area (Å²) in [6, 6.07) is 2.17. The normalized spacial score (nSPS) is 15.1. The standard InChI is InChI=1S/C14H23N3/c1-10-7-11(2)16-14(13(10)8-15-3)17(4)9-12-5-6-12/h7,12,15H,5-6,8-9H2,1-4H3. The number of hydrogen-bond acceptors (Lipinski definition) is 3. The van der Waals surface area contributed by atoms with Crippen LogP contribution in [0, 0.1) is 19.8 Å². The minimum Gasteiger partial charge on any atom is -0.359 e. The summed E-state index contributed by atoms with van der Waals surface area (Å²) < 4.78 is 0. The quantitative estimate of drug-likeness (QED) is 0.845.